The van der Waals surface area contributed by atoms with E-state index in [9.17, 15) is 5.11 Å². The highest BCUT2D eigenvalue weighted by Gasteiger charge is 2.33. The molecule has 0 aliphatic carbocycles. The van der Waals surface area contributed by atoms with E-state index in [1.807, 2.05) is 24.3 Å². The van der Waals surface area contributed by atoms with Crippen molar-refractivity contribution in [3.8, 4) is 0 Å². The first kappa shape index (κ1) is 15.8. The van der Waals surface area contributed by atoms with Gasteiger partial charge in [0.05, 0.1) is 10.0 Å². The van der Waals surface area contributed by atoms with Gasteiger partial charge in [-0.25, -0.2) is 0 Å². The molecule has 22 heavy (non-hydrogen) atoms. The highest BCUT2D eigenvalue weighted by molar-refractivity contribution is 6.42. The van der Waals surface area contributed by atoms with E-state index < -0.39 is 0 Å². The Kier molecular flexibility index (Phi) is 5.04. The summed E-state index contributed by atoms with van der Waals surface area (Å²) in [6.07, 6.45) is 0. The molecule has 1 aliphatic heterocycles. The van der Waals surface area contributed by atoms with Gasteiger partial charge in [0.1, 0.15) is 0 Å². The van der Waals surface area contributed by atoms with E-state index in [4.69, 9.17) is 23.2 Å². The van der Waals surface area contributed by atoms with Gasteiger partial charge in [-0.05, 0) is 23.3 Å². The van der Waals surface area contributed by atoms with Crippen molar-refractivity contribution in [2.24, 2.45) is 5.92 Å². The fourth-order valence-corrected chi connectivity index (χ4v) is 3.54. The fraction of sp³-hybridized carbons (Fsp3) is 0.333. The van der Waals surface area contributed by atoms with Gasteiger partial charge in [0, 0.05) is 38.1 Å². The Balaban J connectivity index is 1.75. The molecule has 4 heteroatoms. The maximum Gasteiger partial charge on any atom is 0.0595 e. The summed E-state index contributed by atoms with van der Waals surface area (Å²) in [7, 11) is 0. The number of benzene rings is 2. The normalized spacial score (nSPS) is 22.1. The molecular weight excluding hydrogens is 317 g/mol. The van der Waals surface area contributed by atoms with Gasteiger partial charge in [-0.1, -0.05) is 59.6 Å². The molecule has 0 saturated carbocycles. The maximum absolute atomic E-state index is 9.72. The Morgan fingerprint density at radius 3 is 2.45 bits per heavy atom. The summed E-state index contributed by atoms with van der Waals surface area (Å²) in [6, 6.07) is 16.2. The van der Waals surface area contributed by atoms with Crippen LogP contribution in [0.2, 0.25) is 10.0 Å². The number of halogens is 2. The molecule has 2 aromatic rings. The number of aliphatic hydroxyl groups is 1. The van der Waals surface area contributed by atoms with Crippen LogP contribution in [0, 0.1) is 5.92 Å². The molecule has 2 unspecified atom stereocenters. The number of rotatable bonds is 4. The quantitative estimate of drug-likeness (QED) is 0.904. The van der Waals surface area contributed by atoms with Crippen molar-refractivity contribution in [1.82, 2.24) is 4.90 Å². The Morgan fingerprint density at radius 1 is 1.00 bits per heavy atom. The molecule has 116 valence electrons. The summed E-state index contributed by atoms with van der Waals surface area (Å²) in [5.74, 6) is 0.532. The lowest BCUT2D eigenvalue weighted by atomic mass is 9.89. The average molecular weight is 336 g/mol. The summed E-state index contributed by atoms with van der Waals surface area (Å²) in [5, 5.41) is 10.9. The zero-order valence-electron chi connectivity index (χ0n) is 12.3. The Labute approximate surface area is 141 Å². The molecule has 1 aliphatic rings. The number of aliphatic hydroxyl groups excluding tert-OH is 1. The topological polar surface area (TPSA) is 23.5 Å². The highest BCUT2D eigenvalue weighted by atomic mass is 35.5. The second kappa shape index (κ2) is 7.01. The van der Waals surface area contributed by atoms with Gasteiger partial charge in [-0.3, -0.25) is 4.90 Å². The van der Waals surface area contributed by atoms with E-state index >= 15 is 0 Å². The second-order valence-corrected chi connectivity index (χ2v) is 6.72. The molecule has 1 N–H and O–H groups in total. The van der Waals surface area contributed by atoms with Gasteiger partial charge in [0.15, 0.2) is 0 Å². The van der Waals surface area contributed by atoms with E-state index in [0.29, 0.717) is 16.0 Å². The van der Waals surface area contributed by atoms with Crippen LogP contribution in [0.3, 0.4) is 0 Å². The number of hydrogen-bond donors (Lipinski definition) is 1. The van der Waals surface area contributed by atoms with Crippen molar-refractivity contribution >= 4 is 23.2 Å². The molecule has 2 nitrogen and oxygen atoms in total. The lowest BCUT2D eigenvalue weighted by molar-refractivity contribution is 0.214. The summed E-state index contributed by atoms with van der Waals surface area (Å²) in [5.41, 5.74) is 2.46. The van der Waals surface area contributed by atoms with Crippen LogP contribution >= 0.6 is 23.2 Å². The lowest BCUT2D eigenvalue weighted by Gasteiger charge is -2.17. The molecule has 1 fully saturated rings. The van der Waals surface area contributed by atoms with Crippen molar-refractivity contribution < 1.29 is 5.11 Å². The Morgan fingerprint density at radius 2 is 1.77 bits per heavy atom. The summed E-state index contributed by atoms with van der Waals surface area (Å²) in [6.45, 7) is 2.93. The molecule has 2 aromatic carbocycles. The zero-order valence-corrected chi connectivity index (χ0v) is 13.8. The first-order chi connectivity index (χ1) is 10.7. The lowest BCUT2D eigenvalue weighted by Crippen LogP contribution is -2.20. The minimum absolute atomic E-state index is 0.191. The number of likely N-dealkylation sites (tertiary alicyclic amines) is 1. The van der Waals surface area contributed by atoms with Crippen LogP contribution in [0.15, 0.2) is 48.5 Å². The summed E-state index contributed by atoms with van der Waals surface area (Å²) in [4.78, 5) is 2.39. The summed E-state index contributed by atoms with van der Waals surface area (Å²) >= 11 is 12.1. The SMILES string of the molecule is OCC1CN(Cc2ccccc2)CC1c1ccc(Cl)c(Cl)c1. The molecule has 0 spiro atoms. The Bertz CT molecular complexity index is 632. The first-order valence-electron chi connectivity index (χ1n) is 7.49. The third-order valence-corrected chi connectivity index (χ3v) is 5.11. The molecule has 1 saturated heterocycles. The fourth-order valence-electron chi connectivity index (χ4n) is 3.24. The molecule has 0 bridgehead atoms. The molecule has 2 atom stereocenters. The third kappa shape index (κ3) is 3.47. The van der Waals surface area contributed by atoms with Crippen LogP contribution in [-0.4, -0.2) is 29.7 Å². The van der Waals surface area contributed by atoms with Gasteiger partial charge in [0.2, 0.25) is 0 Å². The Hall–Kier alpha value is -1.06. The maximum atomic E-state index is 9.72. The average Bonchev–Trinajstić information content (AvgIpc) is 2.94. The predicted molar refractivity (Wildman–Crippen MR) is 91.5 cm³/mol. The highest BCUT2D eigenvalue weighted by Crippen LogP contribution is 2.35. The first-order valence-corrected chi connectivity index (χ1v) is 8.25. The van der Waals surface area contributed by atoms with E-state index in [0.717, 1.165) is 25.2 Å². The van der Waals surface area contributed by atoms with E-state index in [2.05, 4.69) is 29.2 Å². The predicted octanol–water partition coefficient (Wildman–Crippen LogP) is 4.20. The molecular formula is C18H19Cl2NO. The third-order valence-electron chi connectivity index (χ3n) is 4.37. The minimum Gasteiger partial charge on any atom is -0.396 e. The smallest absolute Gasteiger partial charge is 0.0595 e. The van der Waals surface area contributed by atoms with Crippen molar-refractivity contribution in [1.29, 1.82) is 0 Å². The van der Waals surface area contributed by atoms with E-state index in [1.165, 1.54) is 5.56 Å². The van der Waals surface area contributed by atoms with Crippen molar-refractivity contribution in [2.75, 3.05) is 19.7 Å². The summed E-state index contributed by atoms with van der Waals surface area (Å²) < 4.78 is 0. The van der Waals surface area contributed by atoms with Gasteiger partial charge < -0.3 is 5.11 Å². The largest absolute Gasteiger partial charge is 0.396 e. The zero-order chi connectivity index (χ0) is 15.5. The molecule has 1 heterocycles. The van der Waals surface area contributed by atoms with Crippen LogP contribution in [-0.2, 0) is 6.54 Å². The molecule has 0 radical (unpaired) electrons. The standard InChI is InChI=1S/C18H19Cl2NO/c19-17-7-6-14(8-18(17)20)16-11-21(10-15(16)12-22)9-13-4-2-1-3-5-13/h1-8,15-16,22H,9-12H2. The van der Waals surface area contributed by atoms with Crippen molar-refractivity contribution in [3.63, 3.8) is 0 Å². The second-order valence-electron chi connectivity index (χ2n) is 5.90. The molecule has 0 amide bonds. The van der Waals surface area contributed by atoms with Crippen LogP contribution in [0.4, 0.5) is 0 Å². The van der Waals surface area contributed by atoms with Crippen LogP contribution in [0.25, 0.3) is 0 Å². The van der Waals surface area contributed by atoms with Gasteiger partial charge in [-0.15, -0.1) is 0 Å². The molecule has 3 rings (SSSR count). The van der Waals surface area contributed by atoms with Gasteiger partial charge in [-0.2, -0.15) is 0 Å². The van der Waals surface area contributed by atoms with Crippen molar-refractivity contribution in [3.05, 3.63) is 69.7 Å². The number of nitrogens with zero attached hydrogens (tertiary/aromatic N) is 1. The van der Waals surface area contributed by atoms with Crippen molar-refractivity contribution in [2.45, 2.75) is 12.5 Å². The van der Waals surface area contributed by atoms with E-state index in [1.54, 1.807) is 0 Å². The van der Waals surface area contributed by atoms with Gasteiger partial charge >= 0.3 is 0 Å². The van der Waals surface area contributed by atoms with E-state index in [-0.39, 0.29) is 12.5 Å². The molecule has 0 aromatic heterocycles. The monoisotopic (exact) mass is 335 g/mol. The minimum atomic E-state index is 0.191. The van der Waals surface area contributed by atoms with Gasteiger partial charge in [0.25, 0.3) is 0 Å². The van der Waals surface area contributed by atoms with Crippen LogP contribution < -0.4 is 0 Å². The van der Waals surface area contributed by atoms with Crippen LogP contribution in [0.5, 0.6) is 0 Å². The van der Waals surface area contributed by atoms with Crippen LogP contribution in [0.1, 0.15) is 17.0 Å². The number of hydrogen-bond acceptors (Lipinski definition) is 2.